The van der Waals surface area contributed by atoms with Gasteiger partial charge in [-0.1, -0.05) is 6.92 Å². The third kappa shape index (κ3) is 4.69. The van der Waals surface area contributed by atoms with Crippen molar-refractivity contribution in [2.75, 3.05) is 7.11 Å². The number of thioether (sulfide) groups is 1. The standard InChI is InChI=1S/C18H18N6O4S/c1-4-13-10(2)22-24(23-13)12-6-5-11(14(25)7-12)9-19-21-18-20-17(27)15(29-18)8-16(26)28-3/h5-9,25H,4H2,1-3H3,(H,20,21,27)/b15-8+,19-9?. The van der Waals surface area contributed by atoms with Gasteiger partial charge in [0.1, 0.15) is 5.75 Å². The number of amidine groups is 1. The summed E-state index contributed by atoms with van der Waals surface area (Å²) >= 11 is 0.961. The molecule has 1 amide bonds. The molecule has 0 aliphatic carbocycles. The van der Waals surface area contributed by atoms with Crippen LogP contribution in [0.5, 0.6) is 5.75 Å². The van der Waals surface area contributed by atoms with Crippen LogP contribution in [0.4, 0.5) is 0 Å². The van der Waals surface area contributed by atoms with Crippen LogP contribution in [-0.2, 0) is 20.7 Å². The smallest absolute Gasteiger partial charge is 0.331 e. The Bertz CT molecular complexity index is 1060. The van der Waals surface area contributed by atoms with Crippen LogP contribution in [0, 0.1) is 6.92 Å². The van der Waals surface area contributed by atoms with Gasteiger partial charge in [0.25, 0.3) is 5.91 Å². The van der Waals surface area contributed by atoms with Crippen LogP contribution >= 0.6 is 11.8 Å². The first-order chi connectivity index (χ1) is 13.9. The number of carbonyl (C=O) groups is 2. The zero-order valence-corrected chi connectivity index (χ0v) is 16.7. The lowest BCUT2D eigenvalue weighted by Gasteiger charge is -2.03. The molecule has 1 aliphatic rings. The molecule has 0 atom stereocenters. The van der Waals surface area contributed by atoms with Gasteiger partial charge < -0.3 is 9.84 Å². The van der Waals surface area contributed by atoms with E-state index in [1.807, 2.05) is 13.8 Å². The molecule has 10 nitrogen and oxygen atoms in total. The highest BCUT2D eigenvalue weighted by molar-refractivity contribution is 8.18. The van der Waals surface area contributed by atoms with Crippen LogP contribution in [0.25, 0.3) is 5.69 Å². The maximum atomic E-state index is 11.7. The number of amides is 1. The highest BCUT2D eigenvalue weighted by Gasteiger charge is 2.25. The number of phenols is 1. The summed E-state index contributed by atoms with van der Waals surface area (Å²) in [4.78, 5) is 24.6. The average molecular weight is 414 g/mol. The number of hydrogen-bond donors (Lipinski definition) is 2. The SMILES string of the molecule is CCc1nn(-c2ccc(C=N/N=C3/NC(=O)/C(=C\C(=O)OC)S3)c(O)c2)nc1C. The van der Waals surface area contributed by atoms with Crippen LogP contribution < -0.4 is 5.32 Å². The largest absolute Gasteiger partial charge is 0.507 e. The van der Waals surface area contributed by atoms with Crippen molar-refractivity contribution in [2.24, 2.45) is 10.2 Å². The van der Waals surface area contributed by atoms with Crippen molar-refractivity contribution in [3.8, 4) is 11.4 Å². The molecule has 0 radical (unpaired) electrons. The van der Waals surface area contributed by atoms with Crippen LogP contribution in [0.3, 0.4) is 0 Å². The van der Waals surface area contributed by atoms with Gasteiger partial charge in [0, 0.05) is 17.7 Å². The van der Waals surface area contributed by atoms with Crippen molar-refractivity contribution in [3.63, 3.8) is 0 Å². The number of nitrogens with zero attached hydrogens (tertiary/aromatic N) is 5. The molecule has 0 spiro atoms. The minimum Gasteiger partial charge on any atom is -0.507 e. The Labute approximate surface area is 170 Å². The summed E-state index contributed by atoms with van der Waals surface area (Å²) in [5, 5.41) is 29.4. The minimum absolute atomic E-state index is 0.0196. The quantitative estimate of drug-likeness (QED) is 0.328. The van der Waals surface area contributed by atoms with E-state index in [9.17, 15) is 14.7 Å². The fourth-order valence-electron chi connectivity index (χ4n) is 2.40. The zero-order valence-electron chi connectivity index (χ0n) is 15.9. The Morgan fingerprint density at radius 2 is 2.21 bits per heavy atom. The van der Waals surface area contributed by atoms with Gasteiger partial charge in [0.2, 0.25) is 0 Å². The highest BCUT2D eigenvalue weighted by atomic mass is 32.2. The van der Waals surface area contributed by atoms with E-state index < -0.39 is 11.9 Å². The number of esters is 1. The van der Waals surface area contributed by atoms with Crippen molar-refractivity contribution in [2.45, 2.75) is 20.3 Å². The van der Waals surface area contributed by atoms with Crippen LogP contribution in [0.15, 0.2) is 39.4 Å². The highest BCUT2D eigenvalue weighted by Crippen LogP contribution is 2.24. The first-order valence-corrected chi connectivity index (χ1v) is 9.39. The van der Waals surface area contributed by atoms with Gasteiger partial charge in [0.05, 0.1) is 35.3 Å². The van der Waals surface area contributed by atoms with Gasteiger partial charge in [-0.15, -0.1) is 5.10 Å². The molecule has 2 heterocycles. The fraction of sp³-hybridized carbons (Fsp3) is 0.222. The van der Waals surface area contributed by atoms with Gasteiger partial charge in [-0.25, -0.2) is 4.79 Å². The summed E-state index contributed by atoms with van der Waals surface area (Å²) < 4.78 is 4.49. The fourth-order valence-corrected chi connectivity index (χ4v) is 3.14. The Balaban J connectivity index is 1.73. The van der Waals surface area contributed by atoms with Gasteiger partial charge in [-0.05, 0) is 37.2 Å². The molecule has 150 valence electrons. The van der Waals surface area contributed by atoms with Gasteiger partial charge in [-0.3, -0.25) is 10.1 Å². The molecule has 11 heteroatoms. The molecule has 1 fully saturated rings. The van der Waals surface area contributed by atoms with E-state index in [1.165, 1.54) is 24.2 Å². The lowest BCUT2D eigenvalue weighted by atomic mass is 10.2. The molecule has 2 aromatic rings. The molecular formula is C18H18N6O4S. The number of nitrogens with one attached hydrogen (secondary N) is 1. The molecule has 1 saturated heterocycles. The number of ether oxygens (including phenoxy) is 1. The number of carbonyl (C=O) groups excluding carboxylic acids is 2. The molecule has 3 rings (SSSR count). The van der Waals surface area contributed by atoms with Crippen molar-refractivity contribution >= 4 is 35.0 Å². The van der Waals surface area contributed by atoms with Gasteiger partial charge in [-0.2, -0.15) is 20.1 Å². The molecule has 0 unspecified atom stereocenters. The molecular weight excluding hydrogens is 396 g/mol. The summed E-state index contributed by atoms with van der Waals surface area (Å²) in [5.41, 5.74) is 2.77. The number of methoxy groups -OCH3 is 1. The van der Waals surface area contributed by atoms with Gasteiger partial charge in [0.15, 0.2) is 5.17 Å². The Hall–Kier alpha value is -3.47. The molecule has 0 saturated carbocycles. The predicted octanol–water partition coefficient (Wildman–Crippen LogP) is 1.45. The monoisotopic (exact) mass is 414 g/mol. The van der Waals surface area contributed by atoms with E-state index in [1.54, 1.807) is 12.1 Å². The number of hydrogen-bond acceptors (Lipinski definition) is 9. The summed E-state index contributed by atoms with van der Waals surface area (Å²) in [5.74, 6) is -1.12. The number of rotatable bonds is 5. The molecule has 2 N–H and O–H groups in total. The van der Waals surface area contributed by atoms with Crippen molar-refractivity contribution in [1.82, 2.24) is 20.3 Å². The van der Waals surface area contributed by atoms with E-state index in [4.69, 9.17) is 0 Å². The number of aromatic hydroxyl groups is 1. The summed E-state index contributed by atoms with van der Waals surface area (Å²) in [6.07, 6.45) is 3.19. The van der Waals surface area contributed by atoms with Gasteiger partial charge >= 0.3 is 5.97 Å². The number of aromatic nitrogens is 3. The van der Waals surface area contributed by atoms with E-state index in [0.29, 0.717) is 11.3 Å². The maximum absolute atomic E-state index is 11.7. The average Bonchev–Trinajstić information content (AvgIpc) is 3.25. The van der Waals surface area contributed by atoms with Crippen molar-refractivity contribution < 1.29 is 19.4 Å². The summed E-state index contributed by atoms with van der Waals surface area (Å²) in [6.45, 7) is 3.88. The molecule has 29 heavy (non-hydrogen) atoms. The number of benzene rings is 1. The maximum Gasteiger partial charge on any atom is 0.331 e. The normalized spacial score (nSPS) is 16.7. The molecule has 1 aliphatic heterocycles. The summed E-state index contributed by atoms with van der Waals surface area (Å²) in [7, 11) is 1.22. The third-order valence-electron chi connectivity index (χ3n) is 3.90. The topological polar surface area (TPSA) is 131 Å². The number of aryl methyl sites for hydroxylation is 2. The first-order valence-electron chi connectivity index (χ1n) is 8.57. The second-order valence-corrected chi connectivity index (χ2v) is 6.89. The Kier molecular flexibility index (Phi) is 6.07. The van der Waals surface area contributed by atoms with Crippen molar-refractivity contribution in [3.05, 3.63) is 46.1 Å². The Morgan fingerprint density at radius 1 is 1.41 bits per heavy atom. The van der Waals surface area contributed by atoms with E-state index in [0.717, 1.165) is 35.6 Å². The lowest BCUT2D eigenvalue weighted by molar-refractivity contribution is -0.135. The van der Waals surface area contributed by atoms with E-state index in [-0.39, 0.29) is 15.8 Å². The van der Waals surface area contributed by atoms with Crippen LogP contribution in [0.1, 0.15) is 23.9 Å². The van der Waals surface area contributed by atoms with Crippen LogP contribution in [0.2, 0.25) is 0 Å². The second kappa shape index (κ2) is 8.69. The lowest BCUT2D eigenvalue weighted by Crippen LogP contribution is -2.19. The second-order valence-electron chi connectivity index (χ2n) is 5.86. The van der Waals surface area contributed by atoms with Crippen molar-refractivity contribution in [1.29, 1.82) is 0 Å². The molecule has 1 aromatic carbocycles. The minimum atomic E-state index is -0.634. The van der Waals surface area contributed by atoms with Crippen LogP contribution in [-0.4, -0.2) is 50.5 Å². The number of phenolic OH excluding ortho intramolecular Hbond substituents is 1. The zero-order chi connectivity index (χ0) is 21.0. The molecule has 1 aromatic heterocycles. The first kappa shape index (κ1) is 20.3. The predicted molar refractivity (Wildman–Crippen MR) is 108 cm³/mol. The summed E-state index contributed by atoms with van der Waals surface area (Å²) in [6, 6.07) is 4.93. The Morgan fingerprint density at radius 3 is 2.86 bits per heavy atom. The van der Waals surface area contributed by atoms with E-state index >= 15 is 0 Å². The molecule has 0 bridgehead atoms. The van der Waals surface area contributed by atoms with E-state index in [2.05, 4.69) is 30.5 Å². The third-order valence-corrected chi connectivity index (χ3v) is 4.80.